The minimum Gasteiger partial charge on any atom is -0.385 e. The third-order valence-electron chi connectivity index (χ3n) is 3.58. The van der Waals surface area contributed by atoms with Crippen LogP contribution in [0.5, 0.6) is 0 Å². The Bertz CT molecular complexity index is 788. The van der Waals surface area contributed by atoms with Gasteiger partial charge in [0.05, 0.1) is 16.8 Å². The van der Waals surface area contributed by atoms with Crippen LogP contribution in [0.1, 0.15) is 13.3 Å². The Hall–Kier alpha value is -2.01. The fourth-order valence-electron chi connectivity index (χ4n) is 2.28. The van der Waals surface area contributed by atoms with Gasteiger partial charge in [0, 0.05) is 25.8 Å². The molecule has 0 aliphatic rings. The highest BCUT2D eigenvalue weighted by Crippen LogP contribution is 2.30. The summed E-state index contributed by atoms with van der Waals surface area (Å²) in [7, 11) is 1.66. The number of halogens is 1. The van der Waals surface area contributed by atoms with Crippen molar-refractivity contribution in [1.82, 2.24) is 20.1 Å². The quantitative estimate of drug-likeness (QED) is 0.403. The smallest absolute Gasteiger partial charge is 0.234 e. The van der Waals surface area contributed by atoms with E-state index < -0.39 is 0 Å². The predicted molar refractivity (Wildman–Crippen MR) is 104 cm³/mol. The summed E-state index contributed by atoms with van der Waals surface area (Å²) in [4.78, 5) is 12.1. The van der Waals surface area contributed by atoms with E-state index in [4.69, 9.17) is 22.8 Å². The van der Waals surface area contributed by atoms with Crippen molar-refractivity contribution in [2.24, 2.45) is 0 Å². The Kier molecular flexibility index (Phi) is 7.98. The molecule has 1 aromatic carbocycles. The highest BCUT2D eigenvalue weighted by molar-refractivity contribution is 8.00. The average molecular weight is 393 g/mol. The molecule has 0 fully saturated rings. The number of terminal acetylenes is 1. The van der Waals surface area contributed by atoms with Crippen LogP contribution in [0.25, 0.3) is 11.4 Å². The van der Waals surface area contributed by atoms with Crippen LogP contribution in [0.15, 0.2) is 29.4 Å². The second-order valence-corrected chi connectivity index (χ2v) is 7.18. The molecule has 2 rings (SSSR count). The van der Waals surface area contributed by atoms with E-state index in [9.17, 15) is 4.79 Å². The molecule has 0 aliphatic heterocycles. The molecule has 1 heterocycles. The van der Waals surface area contributed by atoms with Gasteiger partial charge in [0.2, 0.25) is 5.91 Å². The summed E-state index contributed by atoms with van der Waals surface area (Å²) in [6.07, 6.45) is 5.97. The number of methoxy groups -OCH3 is 1. The molecular formula is C18H21ClN4O2S. The summed E-state index contributed by atoms with van der Waals surface area (Å²) in [5, 5.41) is 12.2. The standard InChI is InChI=1S/C18H21ClN4O2S/c1-4-10-20-17(24)13(2)26-18-22-21-16(23(18)11-7-12-25-3)14-8-5-6-9-15(14)19/h1,5-6,8-9,13H,7,10-12H2,2-3H3,(H,20,24). The fraction of sp³-hybridized carbons (Fsp3) is 0.389. The molecule has 0 saturated carbocycles. The molecule has 26 heavy (non-hydrogen) atoms. The van der Waals surface area contributed by atoms with E-state index in [2.05, 4.69) is 21.4 Å². The number of carbonyl (C=O) groups excluding carboxylic acids is 1. The number of ether oxygens (including phenoxy) is 1. The molecule has 6 nitrogen and oxygen atoms in total. The molecule has 1 amide bonds. The van der Waals surface area contributed by atoms with Gasteiger partial charge in [-0.15, -0.1) is 16.6 Å². The van der Waals surface area contributed by atoms with E-state index in [-0.39, 0.29) is 17.7 Å². The van der Waals surface area contributed by atoms with Crippen LogP contribution >= 0.6 is 23.4 Å². The molecule has 0 spiro atoms. The first-order valence-electron chi connectivity index (χ1n) is 8.13. The number of nitrogens with one attached hydrogen (secondary N) is 1. The van der Waals surface area contributed by atoms with Gasteiger partial charge in [-0.3, -0.25) is 4.79 Å². The Balaban J connectivity index is 2.27. The summed E-state index contributed by atoms with van der Waals surface area (Å²) in [6, 6.07) is 7.48. The Morgan fingerprint density at radius 1 is 1.46 bits per heavy atom. The van der Waals surface area contributed by atoms with Crippen molar-refractivity contribution in [1.29, 1.82) is 0 Å². The van der Waals surface area contributed by atoms with Crippen LogP contribution in [0.3, 0.4) is 0 Å². The number of benzene rings is 1. The monoisotopic (exact) mass is 392 g/mol. The van der Waals surface area contributed by atoms with Crippen molar-refractivity contribution in [3.8, 4) is 23.7 Å². The van der Waals surface area contributed by atoms with Gasteiger partial charge in [0.1, 0.15) is 0 Å². The molecule has 0 aliphatic carbocycles. The molecule has 2 aromatic rings. The van der Waals surface area contributed by atoms with Crippen molar-refractivity contribution < 1.29 is 9.53 Å². The highest BCUT2D eigenvalue weighted by atomic mass is 35.5. The van der Waals surface area contributed by atoms with Crippen LogP contribution in [-0.4, -0.2) is 46.2 Å². The van der Waals surface area contributed by atoms with Crippen molar-refractivity contribution in [2.45, 2.75) is 30.3 Å². The third-order valence-corrected chi connectivity index (χ3v) is 4.99. The topological polar surface area (TPSA) is 69.0 Å². The SMILES string of the molecule is C#CCNC(=O)C(C)Sc1nnc(-c2ccccc2Cl)n1CCCOC. The first-order valence-corrected chi connectivity index (χ1v) is 9.39. The van der Waals surface area contributed by atoms with E-state index >= 15 is 0 Å². The number of rotatable bonds is 9. The highest BCUT2D eigenvalue weighted by Gasteiger charge is 2.21. The summed E-state index contributed by atoms with van der Waals surface area (Å²) in [6.45, 7) is 3.28. The minimum absolute atomic E-state index is 0.140. The first kappa shape index (κ1) is 20.3. The van der Waals surface area contributed by atoms with Gasteiger partial charge >= 0.3 is 0 Å². The summed E-state index contributed by atoms with van der Waals surface area (Å²) >= 11 is 7.65. The molecule has 1 aromatic heterocycles. The second-order valence-electron chi connectivity index (χ2n) is 5.47. The average Bonchev–Trinajstić information content (AvgIpc) is 3.02. The summed E-state index contributed by atoms with van der Waals surface area (Å²) in [5.74, 6) is 2.92. The van der Waals surface area contributed by atoms with Crippen LogP contribution in [-0.2, 0) is 16.1 Å². The molecule has 0 bridgehead atoms. The van der Waals surface area contributed by atoms with Crippen LogP contribution in [0, 0.1) is 12.3 Å². The van der Waals surface area contributed by atoms with E-state index in [0.717, 1.165) is 12.0 Å². The fourth-order valence-corrected chi connectivity index (χ4v) is 3.40. The van der Waals surface area contributed by atoms with E-state index in [1.54, 1.807) is 14.0 Å². The zero-order valence-corrected chi connectivity index (χ0v) is 16.3. The van der Waals surface area contributed by atoms with Crippen molar-refractivity contribution in [3.63, 3.8) is 0 Å². The largest absolute Gasteiger partial charge is 0.385 e. The zero-order valence-electron chi connectivity index (χ0n) is 14.7. The van der Waals surface area contributed by atoms with E-state index in [0.29, 0.717) is 29.2 Å². The number of hydrogen-bond donors (Lipinski definition) is 1. The van der Waals surface area contributed by atoms with Crippen molar-refractivity contribution in [2.75, 3.05) is 20.3 Å². The van der Waals surface area contributed by atoms with E-state index in [1.165, 1.54) is 11.8 Å². The second kappa shape index (κ2) is 10.2. The molecule has 1 unspecified atom stereocenters. The number of carbonyl (C=O) groups is 1. The summed E-state index contributed by atoms with van der Waals surface area (Å²) < 4.78 is 7.11. The number of thioether (sulfide) groups is 1. The van der Waals surface area contributed by atoms with Crippen LogP contribution in [0.2, 0.25) is 5.02 Å². The van der Waals surface area contributed by atoms with Gasteiger partial charge in [-0.1, -0.05) is 41.4 Å². The Labute approximate surface area is 162 Å². The lowest BCUT2D eigenvalue weighted by Gasteiger charge is -2.13. The molecular weight excluding hydrogens is 372 g/mol. The Morgan fingerprint density at radius 2 is 2.23 bits per heavy atom. The molecule has 1 N–H and O–H groups in total. The van der Waals surface area contributed by atoms with Gasteiger partial charge in [-0.25, -0.2) is 0 Å². The van der Waals surface area contributed by atoms with Crippen LogP contribution < -0.4 is 5.32 Å². The first-order chi connectivity index (χ1) is 12.6. The van der Waals surface area contributed by atoms with Crippen molar-refractivity contribution >= 4 is 29.3 Å². The molecule has 0 radical (unpaired) electrons. The van der Waals surface area contributed by atoms with Gasteiger partial charge in [-0.2, -0.15) is 0 Å². The minimum atomic E-state index is -0.354. The molecule has 1 atom stereocenters. The normalized spacial score (nSPS) is 11.8. The molecule has 138 valence electrons. The lowest BCUT2D eigenvalue weighted by atomic mass is 10.2. The maximum absolute atomic E-state index is 12.1. The number of nitrogens with zero attached hydrogens (tertiary/aromatic N) is 3. The maximum Gasteiger partial charge on any atom is 0.234 e. The molecule has 8 heteroatoms. The van der Waals surface area contributed by atoms with Gasteiger partial charge in [-0.05, 0) is 25.5 Å². The number of hydrogen-bond acceptors (Lipinski definition) is 5. The van der Waals surface area contributed by atoms with E-state index in [1.807, 2.05) is 28.8 Å². The molecule has 0 saturated heterocycles. The summed E-state index contributed by atoms with van der Waals surface area (Å²) in [5.41, 5.74) is 0.801. The zero-order chi connectivity index (χ0) is 18.9. The number of amides is 1. The lowest BCUT2D eigenvalue weighted by Crippen LogP contribution is -2.31. The van der Waals surface area contributed by atoms with Crippen LogP contribution in [0.4, 0.5) is 0 Å². The number of aromatic nitrogens is 3. The lowest BCUT2D eigenvalue weighted by molar-refractivity contribution is -0.120. The maximum atomic E-state index is 12.1. The van der Waals surface area contributed by atoms with Crippen molar-refractivity contribution in [3.05, 3.63) is 29.3 Å². The Morgan fingerprint density at radius 3 is 2.92 bits per heavy atom. The predicted octanol–water partition coefficient (Wildman–Crippen LogP) is 2.87. The van der Waals surface area contributed by atoms with Gasteiger partial charge in [0.15, 0.2) is 11.0 Å². The third kappa shape index (κ3) is 5.24. The van der Waals surface area contributed by atoms with Gasteiger partial charge < -0.3 is 14.6 Å². The van der Waals surface area contributed by atoms with Gasteiger partial charge in [0.25, 0.3) is 0 Å².